The lowest BCUT2D eigenvalue weighted by molar-refractivity contribution is 0.610. The lowest BCUT2D eigenvalue weighted by Crippen LogP contribution is -1.87. The smallest absolute Gasteiger partial charge is 0.331 e. The standard InChI is InChI=1S/C2H7N.2ClIO2/c1-2-3;2*1-2(3)4/h2-3H2,1H3;;. The molecule has 11 heavy (non-hydrogen) atoms. The third-order valence-electron chi connectivity index (χ3n) is 0. The summed E-state index contributed by atoms with van der Waals surface area (Å²) in [4.78, 5) is 0. The Kier molecular flexibility index (Phi) is 28.5. The summed E-state index contributed by atoms with van der Waals surface area (Å²) in [5, 5.41) is 0. The SMILES string of the molecule is CCN.O=I(=O)Cl.O=I(=O)Cl. The van der Waals surface area contributed by atoms with Gasteiger partial charge < -0.3 is 5.73 Å². The Balaban J connectivity index is -0.0000000886. The molecule has 72 valence electrons. The van der Waals surface area contributed by atoms with E-state index in [1.807, 2.05) is 6.92 Å². The zero-order valence-electron chi connectivity index (χ0n) is 5.43. The number of hydrogen-bond acceptors (Lipinski definition) is 5. The molecule has 0 aromatic heterocycles. The van der Waals surface area contributed by atoms with Crippen LogP contribution < -0.4 is 5.73 Å². The molecule has 2 N–H and O–H groups in total. The van der Waals surface area contributed by atoms with Crippen LogP contribution >= 0.6 is 55.1 Å². The molecule has 9 heteroatoms. The first-order valence-corrected chi connectivity index (χ1v) is 11.0. The molecule has 0 spiro atoms. The number of nitrogens with two attached hydrogens (primary N) is 1. The van der Waals surface area contributed by atoms with Crippen molar-refractivity contribution in [3.05, 3.63) is 0 Å². The van der Waals surface area contributed by atoms with Crippen LogP contribution in [0.15, 0.2) is 0 Å². The molecule has 0 bridgehead atoms. The number of hydrogen-bond donors (Lipinski definition) is 1. The van der Waals surface area contributed by atoms with E-state index in [1.165, 1.54) is 0 Å². The van der Waals surface area contributed by atoms with Gasteiger partial charge in [0, 0.05) is 17.8 Å². The van der Waals surface area contributed by atoms with E-state index in [9.17, 15) is 0 Å². The Labute approximate surface area is 85.7 Å². The van der Waals surface area contributed by atoms with Gasteiger partial charge in [-0.25, -0.2) is 12.3 Å². The minimum atomic E-state index is -3.29. The minimum Gasteiger partial charge on any atom is -0.331 e. The molecule has 0 heterocycles. The third kappa shape index (κ3) is 658. The molecule has 5 nitrogen and oxygen atoms in total. The van der Waals surface area contributed by atoms with Crippen molar-refractivity contribution in [2.75, 3.05) is 6.54 Å². The van der Waals surface area contributed by atoms with Crippen LogP contribution in [-0.2, 0) is 12.3 Å². The van der Waals surface area contributed by atoms with Crippen molar-refractivity contribution >= 4 is 55.1 Å². The molecule has 0 radical (unpaired) electrons. The van der Waals surface area contributed by atoms with E-state index in [0.717, 1.165) is 6.54 Å². The van der Waals surface area contributed by atoms with E-state index in [2.05, 4.69) is 17.8 Å². The molecule has 0 aromatic carbocycles. The zero-order chi connectivity index (χ0) is 9.86. The van der Waals surface area contributed by atoms with Crippen LogP contribution in [0.4, 0.5) is 0 Å². The molecule has 0 aromatic rings. The summed E-state index contributed by atoms with van der Waals surface area (Å²) < 4.78 is 35.6. The maximum absolute atomic E-state index is 8.89. The fraction of sp³-hybridized carbons (Fsp3) is 1.00. The fourth-order valence-corrected chi connectivity index (χ4v) is 0. The Morgan fingerprint density at radius 3 is 1.09 bits per heavy atom. The highest BCUT2D eigenvalue weighted by Gasteiger charge is 1.60. The van der Waals surface area contributed by atoms with Gasteiger partial charge in [-0.15, -0.1) is 0 Å². The van der Waals surface area contributed by atoms with E-state index in [0.29, 0.717) is 0 Å². The minimum absolute atomic E-state index is 0.750. The predicted molar refractivity (Wildman–Crippen MR) is 57.2 cm³/mol. The van der Waals surface area contributed by atoms with Crippen LogP contribution in [-0.4, -0.2) is 6.54 Å². The summed E-state index contributed by atoms with van der Waals surface area (Å²) in [5.74, 6) is 0. The average molecular weight is 434 g/mol. The van der Waals surface area contributed by atoms with Crippen LogP contribution in [0.5, 0.6) is 0 Å². The van der Waals surface area contributed by atoms with Crippen molar-refractivity contribution in [2.45, 2.75) is 6.92 Å². The number of rotatable bonds is 0. The van der Waals surface area contributed by atoms with Crippen LogP contribution in [0.3, 0.4) is 0 Å². The summed E-state index contributed by atoms with van der Waals surface area (Å²) in [7, 11) is 8.64. The lowest BCUT2D eigenvalue weighted by atomic mass is 10.8. The molecule has 0 saturated carbocycles. The molecule has 0 aliphatic carbocycles. The summed E-state index contributed by atoms with van der Waals surface area (Å²) in [6, 6.07) is 0. The summed E-state index contributed by atoms with van der Waals surface area (Å²) >= 11 is -6.58. The lowest BCUT2D eigenvalue weighted by Gasteiger charge is -1.53. The van der Waals surface area contributed by atoms with Crippen LogP contribution in [0.1, 0.15) is 6.92 Å². The van der Waals surface area contributed by atoms with Crippen LogP contribution in [0.2, 0.25) is 0 Å². The van der Waals surface area contributed by atoms with E-state index in [4.69, 9.17) is 18.0 Å². The summed E-state index contributed by atoms with van der Waals surface area (Å²) in [5.41, 5.74) is 4.85. The molecule has 0 aliphatic rings. The fourth-order valence-electron chi connectivity index (χ4n) is 0. The van der Waals surface area contributed by atoms with E-state index in [-0.39, 0.29) is 0 Å². The summed E-state index contributed by atoms with van der Waals surface area (Å²) in [6.45, 7) is 2.65. The Bertz CT molecular complexity index is 153. The van der Waals surface area contributed by atoms with Crippen LogP contribution in [0, 0.1) is 0 Å². The Morgan fingerprint density at radius 2 is 1.09 bits per heavy atom. The average Bonchev–Trinajstić information content (AvgIpc) is 1.60. The van der Waals surface area contributed by atoms with Gasteiger partial charge in [-0.05, 0) is 6.54 Å². The first-order valence-electron chi connectivity index (χ1n) is 2.02. The van der Waals surface area contributed by atoms with E-state index < -0.39 is 37.3 Å². The maximum Gasteiger partial charge on any atom is 0.409 e. The van der Waals surface area contributed by atoms with Gasteiger partial charge in [-0.1, -0.05) is 6.92 Å². The summed E-state index contributed by atoms with van der Waals surface area (Å²) in [6.07, 6.45) is 0. The van der Waals surface area contributed by atoms with Gasteiger partial charge in [0.2, 0.25) is 0 Å². The second-order valence-corrected chi connectivity index (χ2v) is 5.95. The van der Waals surface area contributed by atoms with Gasteiger partial charge in [0.1, 0.15) is 0 Å². The molecule has 0 rings (SSSR count). The first kappa shape index (κ1) is 18.1. The molecule has 0 saturated heterocycles. The molecule has 0 amide bonds. The molecule has 0 unspecified atom stereocenters. The normalized spacial score (nSPS) is 7.82. The van der Waals surface area contributed by atoms with Crippen molar-refractivity contribution in [1.82, 2.24) is 0 Å². The first-order chi connectivity index (χ1) is 4.88. The highest BCUT2D eigenvalue weighted by Crippen LogP contribution is 2.07. The van der Waals surface area contributed by atoms with Crippen molar-refractivity contribution in [2.24, 2.45) is 5.73 Å². The molecular formula is C2H7Cl2I2NO4. The Hall–Kier alpha value is 1.20. The monoisotopic (exact) mass is 433 g/mol. The number of halogens is 4. The van der Waals surface area contributed by atoms with Crippen molar-refractivity contribution in [3.8, 4) is 0 Å². The highest BCUT2D eigenvalue weighted by atomic mass is 127. The van der Waals surface area contributed by atoms with Crippen LogP contribution in [0.25, 0.3) is 0 Å². The molecule has 0 atom stereocenters. The van der Waals surface area contributed by atoms with Gasteiger partial charge >= 0.3 is 37.3 Å². The van der Waals surface area contributed by atoms with Gasteiger partial charge in [0.15, 0.2) is 0 Å². The zero-order valence-corrected chi connectivity index (χ0v) is 11.3. The van der Waals surface area contributed by atoms with Crippen molar-refractivity contribution in [3.63, 3.8) is 0 Å². The predicted octanol–water partition coefficient (Wildman–Crippen LogP) is 2.64. The van der Waals surface area contributed by atoms with E-state index >= 15 is 0 Å². The molecule has 0 fully saturated rings. The van der Waals surface area contributed by atoms with Gasteiger partial charge in [-0.3, -0.25) is 0 Å². The molecular weight excluding hydrogens is 427 g/mol. The van der Waals surface area contributed by atoms with Gasteiger partial charge in [-0.2, -0.15) is 0 Å². The largest absolute Gasteiger partial charge is 0.409 e. The third-order valence-corrected chi connectivity index (χ3v) is 0. The van der Waals surface area contributed by atoms with Gasteiger partial charge in [0.25, 0.3) is 0 Å². The van der Waals surface area contributed by atoms with Gasteiger partial charge in [0.05, 0.1) is 0 Å². The van der Waals surface area contributed by atoms with Crippen molar-refractivity contribution < 1.29 is 12.3 Å². The quantitative estimate of drug-likeness (QED) is 0.593. The maximum atomic E-state index is 8.89. The second kappa shape index (κ2) is 17.3. The molecule has 0 aliphatic heterocycles. The Morgan fingerprint density at radius 1 is 1.09 bits per heavy atom. The van der Waals surface area contributed by atoms with Crippen molar-refractivity contribution in [1.29, 1.82) is 0 Å². The topological polar surface area (TPSA) is 94.3 Å². The van der Waals surface area contributed by atoms with E-state index in [1.54, 1.807) is 0 Å². The highest BCUT2D eigenvalue weighted by molar-refractivity contribution is 14.2. The second-order valence-electron chi connectivity index (χ2n) is 0.768.